The van der Waals surface area contributed by atoms with Crippen molar-refractivity contribution in [1.82, 2.24) is 4.90 Å². The van der Waals surface area contributed by atoms with Crippen molar-refractivity contribution < 1.29 is 9.53 Å². The van der Waals surface area contributed by atoms with Gasteiger partial charge in [-0.3, -0.25) is 4.79 Å². The number of amides is 1. The van der Waals surface area contributed by atoms with E-state index in [2.05, 4.69) is 12.1 Å². The third-order valence-corrected chi connectivity index (χ3v) is 4.51. The lowest BCUT2D eigenvalue weighted by atomic mass is 10.0. The van der Waals surface area contributed by atoms with Crippen LogP contribution in [0.2, 0.25) is 5.02 Å². The fourth-order valence-corrected chi connectivity index (χ4v) is 3.11. The van der Waals surface area contributed by atoms with Crippen LogP contribution in [0, 0.1) is 0 Å². The first-order valence-electron chi connectivity index (χ1n) is 7.86. The number of hydrogen-bond acceptors (Lipinski definition) is 2. The number of halogens is 1. The first-order valence-corrected chi connectivity index (χ1v) is 8.24. The van der Waals surface area contributed by atoms with E-state index in [0.29, 0.717) is 23.7 Å². The highest BCUT2D eigenvalue weighted by Crippen LogP contribution is 2.22. The fraction of sp³-hybridized carbons (Fsp3) is 0.316. The van der Waals surface area contributed by atoms with Crippen LogP contribution in [-0.4, -0.2) is 36.1 Å². The van der Waals surface area contributed by atoms with Crippen molar-refractivity contribution in [3.63, 3.8) is 0 Å². The Kier molecular flexibility index (Phi) is 4.99. The summed E-state index contributed by atoms with van der Waals surface area (Å²) in [6.07, 6.45) is 0.819. The molecule has 3 rings (SSSR count). The highest BCUT2D eigenvalue weighted by Gasteiger charge is 2.31. The Labute approximate surface area is 141 Å². The van der Waals surface area contributed by atoms with Crippen molar-refractivity contribution in [3.05, 3.63) is 70.7 Å². The molecule has 4 heteroatoms. The maximum atomic E-state index is 12.8. The fourth-order valence-electron chi connectivity index (χ4n) is 2.89. The molecule has 1 heterocycles. The molecule has 0 radical (unpaired) electrons. The van der Waals surface area contributed by atoms with Gasteiger partial charge in [-0.05, 0) is 24.6 Å². The van der Waals surface area contributed by atoms with Crippen molar-refractivity contribution in [2.75, 3.05) is 13.2 Å². The summed E-state index contributed by atoms with van der Waals surface area (Å²) in [5.41, 5.74) is 1.78. The van der Waals surface area contributed by atoms with Gasteiger partial charge in [0.1, 0.15) is 0 Å². The molecule has 2 unspecified atom stereocenters. The third-order valence-electron chi connectivity index (χ3n) is 4.18. The molecule has 0 saturated carbocycles. The molecular formula is C19H20ClNO2. The van der Waals surface area contributed by atoms with Gasteiger partial charge in [0.05, 0.1) is 29.3 Å². The normalized spacial score (nSPS) is 21.2. The number of benzene rings is 2. The predicted molar refractivity (Wildman–Crippen MR) is 91.8 cm³/mol. The standard InChI is InChI=1S/C19H20ClNO2/c1-14-13-23-16(11-15-7-3-2-4-8-15)12-21(14)19(22)17-9-5-6-10-18(17)20/h2-10,14,16H,11-13H2,1H3. The highest BCUT2D eigenvalue weighted by atomic mass is 35.5. The first-order chi connectivity index (χ1) is 11.1. The number of carbonyl (C=O) groups excluding carboxylic acids is 1. The minimum absolute atomic E-state index is 0.0139. The molecule has 0 spiro atoms. The largest absolute Gasteiger partial charge is 0.374 e. The topological polar surface area (TPSA) is 29.5 Å². The lowest BCUT2D eigenvalue weighted by Crippen LogP contribution is -2.51. The Morgan fingerprint density at radius 3 is 2.61 bits per heavy atom. The SMILES string of the molecule is CC1COC(Cc2ccccc2)CN1C(=O)c1ccccc1Cl. The summed E-state index contributed by atoms with van der Waals surface area (Å²) in [5.74, 6) is -0.0236. The second-order valence-electron chi connectivity index (χ2n) is 5.93. The molecule has 0 N–H and O–H groups in total. The van der Waals surface area contributed by atoms with Gasteiger partial charge >= 0.3 is 0 Å². The van der Waals surface area contributed by atoms with Crippen LogP contribution >= 0.6 is 11.6 Å². The van der Waals surface area contributed by atoms with Gasteiger partial charge in [-0.25, -0.2) is 0 Å². The molecule has 1 saturated heterocycles. The van der Waals surface area contributed by atoms with E-state index >= 15 is 0 Å². The van der Waals surface area contributed by atoms with Crippen molar-refractivity contribution in [2.24, 2.45) is 0 Å². The van der Waals surface area contributed by atoms with Gasteiger partial charge in [-0.15, -0.1) is 0 Å². The van der Waals surface area contributed by atoms with Gasteiger partial charge < -0.3 is 9.64 Å². The number of ether oxygens (including phenoxy) is 1. The summed E-state index contributed by atoms with van der Waals surface area (Å²) in [6.45, 7) is 3.14. The Hall–Kier alpha value is -1.84. The Morgan fingerprint density at radius 2 is 1.87 bits per heavy atom. The molecule has 2 aromatic carbocycles. The Morgan fingerprint density at radius 1 is 1.17 bits per heavy atom. The smallest absolute Gasteiger partial charge is 0.255 e. The first kappa shape index (κ1) is 16.0. The maximum Gasteiger partial charge on any atom is 0.255 e. The minimum Gasteiger partial charge on any atom is -0.374 e. The van der Waals surface area contributed by atoms with E-state index in [1.54, 1.807) is 12.1 Å². The molecule has 0 aromatic heterocycles. The van der Waals surface area contributed by atoms with Crippen LogP contribution in [0.25, 0.3) is 0 Å². The number of rotatable bonds is 3. The molecule has 1 aliphatic heterocycles. The van der Waals surface area contributed by atoms with E-state index in [-0.39, 0.29) is 18.1 Å². The summed E-state index contributed by atoms with van der Waals surface area (Å²) < 4.78 is 5.91. The zero-order valence-electron chi connectivity index (χ0n) is 13.1. The number of carbonyl (C=O) groups is 1. The van der Waals surface area contributed by atoms with E-state index in [4.69, 9.17) is 16.3 Å². The van der Waals surface area contributed by atoms with Crippen LogP contribution in [0.4, 0.5) is 0 Å². The van der Waals surface area contributed by atoms with Gasteiger partial charge in [-0.1, -0.05) is 54.1 Å². The zero-order chi connectivity index (χ0) is 16.2. The van der Waals surface area contributed by atoms with E-state index in [1.807, 2.05) is 42.2 Å². The molecule has 3 nitrogen and oxygen atoms in total. The average molecular weight is 330 g/mol. The van der Waals surface area contributed by atoms with Crippen molar-refractivity contribution in [3.8, 4) is 0 Å². The summed E-state index contributed by atoms with van der Waals surface area (Å²) in [4.78, 5) is 14.7. The lowest BCUT2D eigenvalue weighted by molar-refractivity contribution is -0.0463. The Balaban J connectivity index is 1.73. The molecule has 2 aromatic rings. The molecule has 23 heavy (non-hydrogen) atoms. The van der Waals surface area contributed by atoms with E-state index in [1.165, 1.54) is 5.56 Å². The summed E-state index contributed by atoms with van der Waals surface area (Å²) in [5, 5.41) is 0.496. The quantitative estimate of drug-likeness (QED) is 0.857. The third kappa shape index (κ3) is 3.74. The van der Waals surface area contributed by atoms with E-state index < -0.39 is 0 Å². The Bertz CT molecular complexity index is 674. The van der Waals surface area contributed by atoms with Gasteiger partial charge in [0.25, 0.3) is 5.91 Å². The predicted octanol–water partition coefficient (Wildman–Crippen LogP) is 3.81. The zero-order valence-corrected chi connectivity index (χ0v) is 13.9. The minimum atomic E-state index is -0.0236. The highest BCUT2D eigenvalue weighted by molar-refractivity contribution is 6.33. The number of hydrogen-bond donors (Lipinski definition) is 0. The van der Waals surface area contributed by atoms with Crippen molar-refractivity contribution in [1.29, 1.82) is 0 Å². The molecule has 0 aliphatic carbocycles. The average Bonchev–Trinajstić information content (AvgIpc) is 2.57. The molecule has 0 bridgehead atoms. The van der Waals surface area contributed by atoms with Crippen LogP contribution in [-0.2, 0) is 11.2 Å². The number of morpholine rings is 1. The second kappa shape index (κ2) is 7.16. The van der Waals surface area contributed by atoms with Crippen LogP contribution in [0.5, 0.6) is 0 Å². The second-order valence-corrected chi connectivity index (χ2v) is 6.34. The van der Waals surface area contributed by atoms with Crippen molar-refractivity contribution in [2.45, 2.75) is 25.5 Å². The summed E-state index contributed by atoms with van der Waals surface area (Å²) >= 11 is 6.17. The van der Waals surface area contributed by atoms with Crippen molar-refractivity contribution >= 4 is 17.5 Å². The van der Waals surface area contributed by atoms with Crippen LogP contribution < -0.4 is 0 Å². The maximum absolute atomic E-state index is 12.8. The van der Waals surface area contributed by atoms with Crippen LogP contribution in [0.3, 0.4) is 0 Å². The number of nitrogens with zero attached hydrogens (tertiary/aromatic N) is 1. The lowest BCUT2D eigenvalue weighted by Gasteiger charge is -2.38. The van der Waals surface area contributed by atoms with Gasteiger partial charge in [-0.2, -0.15) is 0 Å². The van der Waals surface area contributed by atoms with Gasteiger partial charge in [0.2, 0.25) is 0 Å². The van der Waals surface area contributed by atoms with E-state index in [0.717, 1.165) is 6.42 Å². The van der Waals surface area contributed by atoms with E-state index in [9.17, 15) is 4.79 Å². The van der Waals surface area contributed by atoms with Gasteiger partial charge in [0.15, 0.2) is 0 Å². The van der Waals surface area contributed by atoms with Crippen LogP contribution in [0.15, 0.2) is 54.6 Å². The molecule has 2 atom stereocenters. The monoisotopic (exact) mass is 329 g/mol. The van der Waals surface area contributed by atoms with Gasteiger partial charge in [0, 0.05) is 13.0 Å². The molecule has 1 aliphatic rings. The van der Waals surface area contributed by atoms with Crippen LogP contribution in [0.1, 0.15) is 22.8 Å². The molecule has 1 amide bonds. The molecule has 1 fully saturated rings. The molecule has 120 valence electrons. The molecular weight excluding hydrogens is 310 g/mol. The summed E-state index contributed by atoms with van der Waals surface area (Å²) in [7, 11) is 0. The summed E-state index contributed by atoms with van der Waals surface area (Å²) in [6, 6.07) is 17.5.